The lowest BCUT2D eigenvalue weighted by Crippen LogP contribution is -2.49. The molecule has 39 heavy (non-hydrogen) atoms. The second kappa shape index (κ2) is 12.4. The van der Waals surface area contributed by atoms with Crippen molar-refractivity contribution in [2.75, 3.05) is 32.7 Å². The van der Waals surface area contributed by atoms with E-state index in [1.165, 1.54) is 24.3 Å². The van der Waals surface area contributed by atoms with Crippen molar-refractivity contribution in [3.05, 3.63) is 94.0 Å². The Morgan fingerprint density at radius 3 is 2.26 bits per heavy atom. The second-order valence-electron chi connectivity index (χ2n) is 10.1. The lowest BCUT2D eigenvalue weighted by atomic mass is 10.1. The Bertz CT molecular complexity index is 1350. The third-order valence-electron chi connectivity index (χ3n) is 6.28. The number of benzene rings is 3. The molecule has 0 unspecified atom stereocenters. The van der Waals surface area contributed by atoms with Crippen LogP contribution in [0.25, 0.3) is 0 Å². The fourth-order valence-corrected chi connectivity index (χ4v) is 5.82. The molecule has 0 heterocycles. The zero-order chi connectivity index (χ0) is 28.7. The normalized spacial score (nSPS) is 12.4. The molecule has 0 atom stereocenters. The Morgan fingerprint density at radius 2 is 1.67 bits per heavy atom. The first-order valence-corrected chi connectivity index (χ1v) is 15.4. The molecule has 0 spiro atoms. The summed E-state index contributed by atoms with van der Waals surface area (Å²) < 4.78 is 28.4. The number of hydrogen-bond donors (Lipinski definition) is 1. The number of carbonyl (C=O) groups is 1. The van der Waals surface area contributed by atoms with Crippen molar-refractivity contribution >= 4 is 20.8 Å². The molecule has 0 radical (unpaired) electrons. The van der Waals surface area contributed by atoms with Crippen LogP contribution in [0.2, 0.25) is 0 Å². The fraction of sp³-hybridized carbons (Fsp3) is 0.345. The van der Waals surface area contributed by atoms with Crippen molar-refractivity contribution in [2.24, 2.45) is 5.92 Å². The quantitative estimate of drug-likeness (QED) is 0.239. The molecule has 10 heteroatoms. The van der Waals surface area contributed by atoms with Crippen LogP contribution in [-0.4, -0.2) is 52.7 Å². The van der Waals surface area contributed by atoms with Crippen molar-refractivity contribution < 1.29 is 23.4 Å². The van der Waals surface area contributed by atoms with Gasteiger partial charge in [-0.25, -0.2) is 0 Å². The molecular formula is C29H37N3O6S. The molecule has 0 aliphatic heterocycles. The van der Waals surface area contributed by atoms with E-state index in [9.17, 15) is 19.1 Å². The maximum absolute atomic E-state index is 13.8. The standard InChI is InChI=1S/C29H37N3O6S/c1-22(2)29(33)31(18-17-30-39(4,5,36)26-14-12-25(13-15-26)32(34)35)20-24-11-16-27(28(19-24)37-3)38-21-23-9-7-6-8-10-23/h6-16,19,22H,17-18,20-21H2,1-5H3,(H,30,36). The van der Waals surface area contributed by atoms with E-state index in [4.69, 9.17) is 9.47 Å². The molecule has 0 aliphatic rings. The molecule has 0 saturated carbocycles. The summed E-state index contributed by atoms with van der Waals surface area (Å²) in [5.41, 5.74) is 1.84. The van der Waals surface area contributed by atoms with Gasteiger partial charge in [-0.05, 0) is 44.6 Å². The van der Waals surface area contributed by atoms with Crippen LogP contribution in [0.1, 0.15) is 25.0 Å². The number of nitro groups is 1. The second-order valence-corrected chi connectivity index (χ2v) is 14.6. The fourth-order valence-electron chi connectivity index (χ4n) is 4.04. The number of methoxy groups -OCH3 is 1. The molecule has 3 rings (SSSR count). The minimum Gasteiger partial charge on any atom is -0.493 e. The Morgan fingerprint density at radius 1 is 1.00 bits per heavy atom. The monoisotopic (exact) mass is 555 g/mol. The zero-order valence-electron chi connectivity index (χ0n) is 23.1. The van der Waals surface area contributed by atoms with E-state index < -0.39 is 14.2 Å². The Balaban J connectivity index is 1.70. The van der Waals surface area contributed by atoms with Gasteiger partial charge in [0.2, 0.25) is 5.91 Å². The van der Waals surface area contributed by atoms with Crippen LogP contribution in [0, 0.1) is 16.0 Å². The number of nitrogens with one attached hydrogen (secondary N) is 1. The topological polar surface area (TPSA) is 111 Å². The highest BCUT2D eigenvalue weighted by molar-refractivity contribution is 8.17. The van der Waals surface area contributed by atoms with Crippen molar-refractivity contribution in [2.45, 2.75) is 31.9 Å². The van der Waals surface area contributed by atoms with Crippen LogP contribution < -0.4 is 14.2 Å². The van der Waals surface area contributed by atoms with Gasteiger partial charge in [-0.2, -0.15) is 0 Å². The summed E-state index contributed by atoms with van der Waals surface area (Å²) in [6.07, 6.45) is 3.18. The zero-order valence-corrected chi connectivity index (χ0v) is 23.9. The van der Waals surface area contributed by atoms with Gasteiger partial charge in [0.05, 0.1) is 12.0 Å². The molecule has 3 aromatic rings. The van der Waals surface area contributed by atoms with Gasteiger partial charge in [-0.15, -0.1) is 0 Å². The minimum atomic E-state index is -3.52. The summed E-state index contributed by atoms with van der Waals surface area (Å²) in [5, 5.41) is 11.0. The third kappa shape index (κ3) is 8.11. The summed E-state index contributed by atoms with van der Waals surface area (Å²) >= 11 is 0. The van der Waals surface area contributed by atoms with Gasteiger partial charge in [0.25, 0.3) is 5.69 Å². The van der Waals surface area contributed by atoms with Crippen LogP contribution in [0.3, 0.4) is 0 Å². The van der Waals surface area contributed by atoms with Crippen LogP contribution in [0.15, 0.2) is 77.7 Å². The predicted octanol–water partition coefficient (Wildman–Crippen LogP) is 4.81. The lowest BCUT2D eigenvalue weighted by Gasteiger charge is -2.37. The minimum absolute atomic E-state index is 0.0359. The first-order chi connectivity index (χ1) is 18.4. The summed E-state index contributed by atoms with van der Waals surface area (Å²) in [6, 6.07) is 21.1. The molecule has 0 aromatic heterocycles. The number of amides is 1. The smallest absolute Gasteiger partial charge is 0.269 e. The first-order valence-electron chi connectivity index (χ1n) is 12.6. The molecule has 210 valence electrons. The predicted molar refractivity (Wildman–Crippen MR) is 153 cm³/mol. The van der Waals surface area contributed by atoms with E-state index in [0.29, 0.717) is 36.1 Å². The number of nitrogens with zero attached hydrogens (tertiary/aromatic N) is 2. The van der Waals surface area contributed by atoms with E-state index in [-0.39, 0.29) is 24.1 Å². The number of ether oxygens (including phenoxy) is 2. The SMILES string of the molecule is COc1cc(CN(CCNS(C)(C)(=O)c2ccc([N+](=O)[O-])cc2)C(=O)C(C)C)ccc1OCc1ccccc1. The highest BCUT2D eigenvalue weighted by Gasteiger charge is 2.28. The van der Waals surface area contributed by atoms with Gasteiger partial charge in [-0.1, -0.05) is 50.2 Å². The molecule has 0 fully saturated rings. The molecule has 9 nitrogen and oxygen atoms in total. The van der Waals surface area contributed by atoms with Gasteiger partial charge in [0.1, 0.15) is 6.61 Å². The average molecular weight is 556 g/mol. The summed E-state index contributed by atoms with van der Waals surface area (Å²) in [7, 11) is -1.94. The van der Waals surface area contributed by atoms with E-state index in [0.717, 1.165) is 11.1 Å². The van der Waals surface area contributed by atoms with Gasteiger partial charge < -0.3 is 14.4 Å². The molecular weight excluding hydrogens is 518 g/mol. The Kier molecular flexibility index (Phi) is 9.47. The third-order valence-corrected chi connectivity index (χ3v) is 8.97. The van der Waals surface area contributed by atoms with Gasteiger partial charge in [0.15, 0.2) is 11.5 Å². The van der Waals surface area contributed by atoms with Gasteiger partial charge in [0, 0.05) is 55.1 Å². The van der Waals surface area contributed by atoms with Crippen molar-refractivity contribution in [1.82, 2.24) is 9.62 Å². The summed E-state index contributed by atoms with van der Waals surface area (Å²) in [5.74, 6) is 0.920. The van der Waals surface area contributed by atoms with E-state index in [1.807, 2.05) is 62.4 Å². The Labute approximate surface area is 229 Å². The molecule has 1 amide bonds. The number of carbonyl (C=O) groups excluding carboxylic acids is 1. The summed E-state index contributed by atoms with van der Waals surface area (Å²) in [4.78, 5) is 25.7. The number of non-ortho nitro benzene ring substituents is 1. The average Bonchev–Trinajstić information content (AvgIpc) is 2.91. The lowest BCUT2D eigenvalue weighted by molar-refractivity contribution is -0.384. The molecule has 0 aliphatic carbocycles. The molecule has 0 bridgehead atoms. The number of rotatable bonds is 13. The highest BCUT2D eigenvalue weighted by atomic mass is 32.3. The number of nitro benzene ring substituents is 1. The van der Waals surface area contributed by atoms with E-state index >= 15 is 0 Å². The Hall–Kier alpha value is -3.76. The van der Waals surface area contributed by atoms with Crippen LogP contribution in [-0.2, 0) is 27.2 Å². The largest absolute Gasteiger partial charge is 0.493 e. The molecule has 1 N–H and O–H groups in total. The van der Waals surface area contributed by atoms with Crippen LogP contribution >= 0.6 is 0 Å². The van der Waals surface area contributed by atoms with Crippen molar-refractivity contribution in [3.63, 3.8) is 0 Å². The molecule has 3 aromatic carbocycles. The van der Waals surface area contributed by atoms with Crippen LogP contribution in [0.4, 0.5) is 5.69 Å². The number of hydrogen-bond acceptors (Lipinski definition) is 6. The van der Waals surface area contributed by atoms with Crippen molar-refractivity contribution in [3.8, 4) is 11.5 Å². The maximum Gasteiger partial charge on any atom is 0.269 e. The van der Waals surface area contributed by atoms with E-state index in [2.05, 4.69) is 4.72 Å². The van der Waals surface area contributed by atoms with Crippen molar-refractivity contribution in [1.29, 1.82) is 0 Å². The van der Waals surface area contributed by atoms with E-state index in [1.54, 1.807) is 24.5 Å². The first kappa shape index (κ1) is 29.8. The van der Waals surface area contributed by atoms with Gasteiger partial charge in [-0.3, -0.25) is 23.8 Å². The van der Waals surface area contributed by atoms with Crippen LogP contribution in [0.5, 0.6) is 11.5 Å². The molecule has 0 saturated heterocycles. The summed E-state index contributed by atoms with van der Waals surface area (Å²) in [6.45, 7) is 5.01. The highest BCUT2D eigenvalue weighted by Crippen LogP contribution is 2.30. The van der Waals surface area contributed by atoms with Gasteiger partial charge >= 0.3 is 0 Å². The maximum atomic E-state index is 13.8.